The standard InChI is InChI=1S/C27H26F2N4O/c28-17-22(30)5-1-2-8-25(26-31-23-6-3-4-7-24(23)32-26)33-27(34)20-11-9-18(10-12-20)19-13-15-21(29)16-14-19/h3-4,6-7,9-16,25,30H,1-2,5,8,17H2,(H,31,32)(H,33,34)/t25-/m0/s1. The molecule has 0 aliphatic rings. The quantitative estimate of drug-likeness (QED) is 0.189. The third-order valence-electron chi connectivity index (χ3n) is 5.75. The van der Waals surface area contributed by atoms with Crippen molar-refractivity contribution < 1.29 is 13.6 Å². The average Bonchev–Trinajstić information content (AvgIpc) is 3.30. The fraction of sp³-hybridized carbons (Fsp3) is 0.222. The highest BCUT2D eigenvalue weighted by atomic mass is 19.1. The predicted molar refractivity (Wildman–Crippen MR) is 130 cm³/mol. The number of benzene rings is 3. The van der Waals surface area contributed by atoms with Gasteiger partial charge in [-0.25, -0.2) is 13.8 Å². The Morgan fingerprint density at radius 1 is 0.971 bits per heavy atom. The molecule has 0 saturated carbocycles. The summed E-state index contributed by atoms with van der Waals surface area (Å²) in [7, 11) is 0. The zero-order valence-corrected chi connectivity index (χ0v) is 18.7. The lowest BCUT2D eigenvalue weighted by atomic mass is 10.0. The molecule has 4 aromatic rings. The van der Waals surface area contributed by atoms with Crippen molar-refractivity contribution in [1.82, 2.24) is 15.3 Å². The van der Waals surface area contributed by atoms with Crippen molar-refractivity contribution in [1.29, 1.82) is 5.41 Å². The van der Waals surface area contributed by atoms with Gasteiger partial charge in [-0.3, -0.25) is 4.79 Å². The van der Waals surface area contributed by atoms with Crippen molar-refractivity contribution in [2.45, 2.75) is 31.7 Å². The molecule has 3 N–H and O–H groups in total. The highest BCUT2D eigenvalue weighted by molar-refractivity contribution is 5.95. The highest BCUT2D eigenvalue weighted by Crippen LogP contribution is 2.23. The van der Waals surface area contributed by atoms with Crippen LogP contribution in [0, 0.1) is 11.2 Å². The van der Waals surface area contributed by atoms with Gasteiger partial charge in [0.15, 0.2) is 0 Å². The van der Waals surface area contributed by atoms with Gasteiger partial charge in [-0.15, -0.1) is 0 Å². The normalized spacial score (nSPS) is 11.9. The van der Waals surface area contributed by atoms with Gasteiger partial charge >= 0.3 is 0 Å². The average molecular weight is 461 g/mol. The molecule has 3 aromatic carbocycles. The van der Waals surface area contributed by atoms with Crippen LogP contribution in [-0.4, -0.2) is 28.3 Å². The molecule has 1 amide bonds. The summed E-state index contributed by atoms with van der Waals surface area (Å²) in [6, 6.07) is 20.7. The van der Waals surface area contributed by atoms with E-state index < -0.39 is 6.67 Å². The Balaban J connectivity index is 1.48. The SMILES string of the molecule is N=C(CF)CCCC[C@H](NC(=O)c1ccc(-c2ccc(F)cc2)cc1)c1nc2ccccc2[nH]1. The molecule has 1 aromatic heterocycles. The highest BCUT2D eigenvalue weighted by Gasteiger charge is 2.19. The Bertz CT molecular complexity index is 1230. The van der Waals surface area contributed by atoms with E-state index >= 15 is 0 Å². The van der Waals surface area contributed by atoms with E-state index in [1.54, 1.807) is 24.3 Å². The third kappa shape index (κ3) is 5.73. The minimum atomic E-state index is -0.725. The lowest BCUT2D eigenvalue weighted by Gasteiger charge is -2.17. The first-order valence-corrected chi connectivity index (χ1v) is 11.3. The van der Waals surface area contributed by atoms with Gasteiger partial charge in [0.05, 0.1) is 17.1 Å². The van der Waals surface area contributed by atoms with Crippen LogP contribution in [0.15, 0.2) is 72.8 Å². The summed E-state index contributed by atoms with van der Waals surface area (Å²) >= 11 is 0. The lowest BCUT2D eigenvalue weighted by molar-refractivity contribution is 0.0932. The van der Waals surface area contributed by atoms with E-state index in [-0.39, 0.29) is 23.5 Å². The van der Waals surface area contributed by atoms with Crippen LogP contribution in [-0.2, 0) is 0 Å². The number of aromatic nitrogens is 2. The molecule has 0 bridgehead atoms. The van der Waals surface area contributed by atoms with Crippen LogP contribution in [0.3, 0.4) is 0 Å². The molecule has 0 fully saturated rings. The number of fused-ring (bicyclic) bond motifs is 1. The number of amides is 1. The minimum absolute atomic E-state index is 0.0885. The van der Waals surface area contributed by atoms with E-state index in [0.717, 1.165) is 22.2 Å². The van der Waals surface area contributed by atoms with E-state index in [0.29, 0.717) is 37.1 Å². The van der Waals surface area contributed by atoms with Crippen molar-refractivity contribution in [3.63, 3.8) is 0 Å². The second-order valence-corrected chi connectivity index (χ2v) is 8.23. The van der Waals surface area contributed by atoms with Gasteiger partial charge in [0.2, 0.25) is 0 Å². The number of carbonyl (C=O) groups is 1. The number of carbonyl (C=O) groups excluding carboxylic acids is 1. The Hall–Kier alpha value is -3.87. The predicted octanol–water partition coefficient (Wildman–Crippen LogP) is 6.39. The summed E-state index contributed by atoms with van der Waals surface area (Å²) < 4.78 is 25.7. The van der Waals surface area contributed by atoms with Crippen LogP contribution in [0.4, 0.5) is 8.78 Å². The van der Waals surface area contributed by atoms with Crippen molar-refractivity contribution >= 4 is 22.7 Å². The first-order chi connectivity index (χ1) is 16.5. The van der Waals surface area contributed by atoms with Crippen LogP contribution < -0.4 is 5.32 Å². The minimum Gasteiger partial charge on any atom is -0.342 e. The van der Waals surface area contributed by atoms with Crippen LogP contribution in [0.2, 0.25) is 0 Å². The Labute approximate surface area is 196 Å². The van der Waals surface area contributed by atoms with E-state index in [9.17, 15) is 13.6 Å². The topological polar surface area (TPSA) is 81.6 Å². The monoisotopic (exact) mass is 460 g/mol. The molecule has 4 rings (SSSR count). The maximum Gasteiger partial charge on any atom is 0.251 e. The second-order valence-electron chi connectivity index (χ2n) is 8.23. The summed E-state index contributed by atoms with van der Waals surface area (Å²) in [5, 5.41) is 10.6. The van der Waals surface area contributed by atoms with Gasteiger partial charge in [-0.05, 0) is 66.8 Å². The molecule has 1 heterocycles. The van der Waals surface area contributed by atoms with Gasteiger partial charge in [-0.2, -0.15) is 0 Å². The van der Waals surface area contributed by atoms with Crippen LogP contribution in [0.5, 0.6) is 0 Å². The molecule has 7 heteroatoms. The molecule has 34 heavy (non-hydrogen) atoms. The maximum absolute atomic E-state index is 13.2. The molecule has 0 aliphatic heterocycles. The summed E-state index contributed by atoms with van der Waals surface area (Å²) in [6.45, 7) is -0.725. The first-order valence-electron chi connectivity index (χ1n) is 11.3. The number of nitrogens with zero attached hydrogens (tertiary/aromatic N) is 1. The molecule has 1 atom stereocenters. The number of hydrogen-bond donors (Lipinski definition) is 3. The van der Waals surface area contributed by atoms with Gasteiger partial charge in [0, 0.05) is 11.3 Å². The molecular formula is C27H26F2N4O. The van der Waals surface area contributed by atoms with Gasteiger partial charge in [0.25, 0.3) is 5.91 Å². The van der Waals surface area contributed by atoms with E-state index in [4.69, 9.17) is 5.41 Å². The number of unbranched alkanes of at least 4 members (excludes halogenated alkanes) is 1. The van der Waals surface area contributed by atoms with Crippen molar-refractivity contribution in [3.05, 3.63) is 90.0 Å². The maximum atomic E-state index is 13.2. The molecule has 5 nitrogen and oxygen atoms in total. The molecular weight excluding hydrogens is 434 g/mol. The second kappa shape index (κ2) is 10.8. The fourth-order valence-electron chi connectivity index (χ4n) is 3.87. The summed E-state index contributed by atoms with van der Waals surface area (Å²) in [5.41, 5.74) is 4.06. The number of alkyl halides is 1. The first kappa shape index (κ1) is 23.3. The van der Waals surface area contributed by atoms with Crippen LogP contribution in [0.1, 0.15) is 47.9 Å². The van der Waals surface area contributed by atoms with Crippen LogP contribution >= 0.6 is 0 Å². The zero-order valence-electron chi connectivity index (χ0n) is 18.7. The summed E-state index contributed by atoms with van der Waals surface area (Å²) in [4.78, 5) is 21.0. The van der Waals surface area contributed by atoms with Gasteiger partial charge in [-0.1, -0.05) is 42.8 Å². The summed E-state index contributed by atoms with van der Waals surface area (Å²) in [5.74, 6) is 0.142. The van der Waals surface area contributed by atoms with Crippen molar-refractivity contribution in [2.24, 2.45) is 0 Å². The number of nitrogens with one attached hydrogen (secondary N) is 3. The third-order valence-corrected chi connectivity index (χ3v) is 5.75. The van der Waals surface area contributed by atoms with E-state index in [2.05, 4.69) is 15.3 Å². The number of aromatic amines is 1. The summed E-state index contributed by atoms with van der Waals surface area (Å²) in [6.07, 6.45) is 2.40. The molecule has 0 aliphatic carbocycles. The smallest absolute Gasteiger partial charge is 0.251 e. The van der Waals surface area contributed by atoms with Gasteiger partial charge < -0.3 is 15.7 Å². The van der Waals surface area contributed by atoms with E-state index in [1.807, 2.05) is 36.4 Å². The Kier molecular flexibility index (Phi) is 7.42. The lowest BCUT2D eigenvalue weighted by Crippen LogP contribution is -2.29. The molecule has 0 radical (unpaired) electrons. The Morgan fingerprint density at radius 3 is 2.32 bits per heavy atom. The number of H-pyrrole nitrogens is 1. The fourth-order valence-corrected chi connectivity index (χ4v) is 3.87. The molecule has 174 valence electrons. The van der Waals surface area contributed by atoms with Crippen LogP contribution in [0.25, 0.3) is 22.2 Å². The molecule has 0 unspecified atom stereocenters. The van der Waals surface area contributed by atoms with Crippen molar-refractivity contribution in [2.75, 3.05) is 6.67 Å². The van der Waals surface area contributed by atoms with Gasteiger partial charge in [0.1, 0.15) is 18.3 Å². The largest absolute Gasteiger partial charge is 0.342 e. The number of rotatable bonds is 10. The van der Waals surface area contributed by atoms with Crippen molar-refractivity contribution in [3.8, 4) is 11.1 Å². The zero-order chi connectivity index (χ0) is 23.9. The molecule has 0 saturated heterocycles. The number of imidazole rings is 1. The number of halogens is 2. The molecule has 0 spiro atoms. The Morgan fingerprint density at radius 2 is 1.65 bits per heavy atom. The number of hydrogen-bond acceptors (Lipinski definition) is 3. The number of para-hydroxylation sites is 2. The van der Waals surface area contributed by atoms with E-state index in [1.165, 1.54) is 12.1 Å².